The summed E-state index contributed by atoms with van der Waals surface area (Å²) >= 11 is 1.94. The van der Waals surface area contributed by atoms with Gasteiger partial charge in [-0.1, -0.05) is 6.92 Å². The Morgan fingerprint density at radius 1 is 1.73 bits per heavy atom. The summed E-state index contributed by atoms with van der Waals surface area (Å²) in [7, 11) is 0. The van der Waals surface area contributed by atoms with Crippen molar-refractivity contribution in [2.75, 3.05) is 18.1 Å². The summed E-state index contributed by atoms with van der Waals surface area (Å²) in [6, 6.07) is 0.446. The molecule has 1 aliphatic heterocycles. The van der Waals surface area contributed by atoms with Gasteiger partial charge in [-0.2, -0.15) is 11.8 Å². The van der Waals surface area contributed by atoms with Crippen LogP contribution in [0.25, 0.3) is 0 Å². The van der Waals surface area contributed by atoms with Crippen LogP contribution in [0.3, 0.4) is 0 Å². The van der Waals surface area contributed by atoms with E-state index in [9.17, 15) is 4.79 Å². The number of hydrogen-bond donors (Lipinski definition) is 1. The predicted octanol–water partition coefficient (Wildman–Crippen LogP) is 1.06. The molecule has 1 atom stereocenters. The van der Waals surface area contributed by atoms with E-state index in [-0.39, 0.29) is 0 Å². The highest BCUT2D eigenvalue weighted by Gasteiger charge is 2.14. The molecule has 0 spiro atoms. The number of ketones is 1. The number of nitrogens with one attached hydrogen (secondary N) is 1. The molecule has 1 N–H and O–H groups in total. The zero-order valence-corrected chi connectivity index (χ0v) is 7.75. The summed E-state index contributed by atoms with van der Waals surface area (Å²) in [5, 5.41) is 3.34. The van der Waals surface area contributed by atoms with Crippen molar-refractivity contribution in [3.8, 4) is 0 Å². The van der Waals surface area contributed by atoms with Crippen LogP contribution in [0.1, 0.15) is 19.8 Å². The lowest BCUT2D eigenvalue weighted by molar-refractivity contribution is -0.119. The summed E-state index contributed by atoms with van der Waals surface area (Å²) in [5.74, 6) is 2.67. The molecular weight excluding hydrogens is 158 g/mol. The molecular formula is C8H15NOS. The van der Waals surface area contributed by atoms with Crippen molar-refractivity contribution in [3.63, 3.8) is 0 Å². The van der Waals surface area contributed by atoms with E-state index in [0.29, 0.717) is 18.2 Å². The maximum atomic E-state index is 11.0. The average Bonchev–Trinajstić information content (AvgIpc) is 2.06. The van der Waals surface area contributed by atoms with E-state index < -0.39 is 0 Å². The molecule has 11 heavy (non-hydrogen) atoms. The fourth-order valence-corrected chi connectivity index (χ4v) is 2.12. The zero-order valence-electron chi connectivity index (χ0n) is 6.93. The lowest BCUT2D eigenvalue weighted by atomic mass is 10.1. The van der Waals surface area contributed by atoms with E-state index in [1.165, 1.54) is 5.75 Å². The van der Waals surface area contributed by atoms with Gasteiger partial charge < -0.3 is 5.32 Å². The van der Waals surface area contributed by atoms with Crippen LogP contribution in [0.2, 0.25) is 0 Å². The highest BCUT2D eigenvalue weighted by atomic mass is 32.2. The van der Waals surface area contributed by atoms with Gasteiger partial charge >= 0.3 is 0 Å². The van der Waals surface area contributed by atoms with Gasteiger partial charge in [-0.15, -0.1) is 0 Å². The Balaban J connectivity index is 2.19. The molecule has 1 heterocycles. The molecule has 0 amide bonds. The van der Waals surface area contributed by atoms with Gasteiger partial charge in [0, 0.05) is 36.9 Å². The third kappa shape index (κ3) is 3.25. The van der Waals surface area contributed by atoms with Crippen LogP contribution >= 0.6 is 11.8 Å². The zero-order chi connectivity index (χ0) is 8.10. The Hall–Kier alpha value is -0.0200. The van der Waals surface area contributed by atoms with Crippen LogP contribution in [0.4, 0.5) is 0 Å². The number of thioether (sulfide) groups is 1. The van der Waals surface area contributed by atoms with Crippen LogP contribution < -0.4 is 5.32 Å². The van der Waals surface area contributed by atoms with Gasteiger partial charge in [0.25, 0.3) is 0 Å². The van der Waals surface area contributed by atoms with Crippen molar-refractivity contribution in [3.05, 3.63) is 0 Å². The van der Waals surface area contributed by atoms with E-state index in [1.54, 1.807) is 0 Å². The topological polar surface area (TPSA) is 29.1 Å². The molecule has 1 aliphatic rings. The van der Waals surface area contributed by atoms with E-state index in [1.807, 2.05) is 18.7 Å². The van der Waals surface area contributed by atoms with Gasteiger partial charge in [-0.05, 0) is 0 Å². The summed E-state index contributed by atoms with van der Waals surface area (Å²) in [6.45, 7) is 2.99. The molecule has 1 saturated heterocycles. The number of rotatable bonds is 3. The smallest absolute Gasteiger partial charge is 0.134 e. The number of carbonyl (C=O) groups excluding carboxylic acids is 1. The maximum Gasteiger partial charge on any atom is 0.134 e. The van der Waals surface area contributed by atoms with Gasteiger partial charge in [0.15, 0.2) is 0 Å². The van der Waals surface area contributed by atoms with Crippen molar-refractivity contribution in [1.29, 1.82) is 0 Å². The second-order valence-corrected chi connectivity index (χ2v) is 3.97. The molecule has 0 saturated carbocycles. The van der Waals surface area contributed by atoms with Gasteiger partial charge in [0.2, 0.25) is 0 Å². The number of Topliss-reactive ketones (excluding diaryl/α,β-unsaturated/α-hetero) is 1. The Morgan fingerprint density at radius 3 is 3.09 bits per heavy atom. The van der Waals surface area contributed by atoms with E-state index >= 15 is 0 Å². The summed E-state index contributed by atoms with van der Waals surface area (Å²) in [4.78, 5) is 11.0. The second kappa shape index (κ2) is 4.78. The molecule has 0 aromatic rings. The summed E-state index contributed by atoms with van der Waals surface area (Å²) in [6.07, 6.45) is 1.41. The molecule has 3 heteroatoms. The van der Waals surface area contributed by atoms with Crippen LogP contribution in [-0.2, 0) is 4.79 Å². The molecule has 1 unspecified atom stereocenters. The summed E-state index contributed by atoms with van der Waals surface area (Å²) in [5.41, 5.74) is 0. The Morgan fingerprint density at radius 2 is 2.55 bits per heavy atom. The normalized spacial score (nSPS) is 25.0. The molecule has 0 bridgehead atoms. The summed E-state index contributed by atoms with van der Waals surface area (Å²) < 4.78 is 0. The third-order valence-electron chi connectivity index (χ3n) is 1.87. The van der Waals surface area contributed by atoms with Gasteiger partial charge in [0.1, 0.15) is 5.78 Å². The Kier molecular flexibility index (Phi) is 3.94. The second-order valence-electron chi connectivity index (χ2n) is 2.82. The molecule has 0 aliphatic carbocycles. The van der Waals surface area contributed by atoms with Gasteiger partial charge in [-0.3, -0.25) is 4.79 Å². The average molecular weight is 173 g/mol. The minimum absolute atomic E-state index is 0.380. The minimum atomic E-state index is 0.380. The van der Waals surface area contributed by atoms with Crippen LogP contribution in [0.15, 0.2) is 0 Å². The largest absolute Gasteiger partial charge is 0.312 e. The molecule has 0 aromatic heterocycles. The van der Waals surface area contributed by atoms with Crippen LogP contribution in [0, 0.1) is 0 Å². The predicted molar refractivity (Wildman–Crippen MR) is 49.0 cm³/mol. The van der Waals surface area contributed by atoms with Crippen LogP contribution in [0.5, 0.6) is 0 Å². The van der Waals surface area contributed by atoms with Crippen molar-refractivity contribution in [2.24, 2.45) is 0 Å². The van der Waals surface area contributed by atoms with Crippen molar-refractivity contribution in [2.45, 2.75) is 25.8 Å². The number of hydrogen-bond acceptors (Lipinski definition) is 3. The first-order valence-electron chi connectivity index (χ1n) is 4.15. The molecule has 64 valence electrons. The standard InChI is InChI=1S/C8H15NOS/c1-2-8(10)5-7-6-11-4-3-9-7/h7,9H,2-6H2,1H3. The van der Waals surface area contributed by atoms with E-state index in [2.05, 4.69) is 5.32 Å². The fraction of sp³-hybridized carbons (Fsp3) is 0.875. The highest BCUT2D eigenvalue weighted by molar-refractivity contribution is 7.99. The van der Waals surface area contributed by atoms with E-state index in [0.717, 1.165) is 18.7 Å². The Bertz CT molecular complexity index is 132. The van der Waals surface area contributed by atoms with Crippen LogP contribution in [-0.4, -0.2) is 29.9 Å². The van der Waals surface area contributed by atoms with Crippen molar-refractivity contribution < 1.29 is 4.79 Å². The maximum absolute atomic E-state index is 11.0. The first kappa shape index (κ1) is 9.07. The fourth-order valence-electron chi connectivity index (χ4n) is 1.17. The molecule has 0 radical (unpaired) electrons. The van der Waals surface area contributed by atoms with Crippen molar-refractivity contribution >= 4 is 17.5 Å². The molecule has 1 fully saturated rings. The highest BCUT2D eigenvalue weighted by Crippen LogP contribution is 2.10. The Labute approximate surface area is 72.1 Å². The monoisotopic (exact) mass is 173 g/mol. The molecule has 0 aromatic carbocycles. The lowest BCUT2D eigenvalue weighted by Crippen LogP contribution is -2.38. The van der Waals surface area contributed by atoms with Crippen molar-refractivity contribution in [1.82, 2.24) is 5.32 Å². The SMILES string of the molecule is CCC(=O)CC1CSCCN1. The van der Waals surface area contributed by atoms with Gasteiger partial charge in [0.05, 0.1) is 0 Å². The minimum Gasteiger partial charge on any atom is -0.312 e. The lowest BCUT2D eigenvalue weighted by Gasteiger charge is -2.22. The van der Waals surface area contributed by atoms with E-state index in [4.69, 9.17) is 0 Å². The number of carbonyl (C=O) groups is 1. The van der Waals surface area contributed by atoms with Gasteiger partial charge in [-0.25, -0.2) is 0 Å². The first-order chi connectivity index (χ1) is 5.33. The molecule has 2 nitrogen and oxygen atoms in total. The molecule has 1 rings (SSSR count). The quantitative estimate of drug-likeness (QED) is 0.692. The first-order valence-corrected chi connectivity index (χ1v) is 5.31. The third-order valence-corrected chi connectivity index (χ3v) is 3.00.